The number of carboxylic acid groups (broad SMARTS) is 2. The highest BCUT2D eigenvalue weighted by atomic mass is 33.1. The fraction of sp³-hybridized carbons (Fsp3) is 0.571. The second-order valence-corrected chi connectivity index (χ2v) is 9.66. The van der Waals surface area contributed by atoms with Crippen LogP contribution >= 0.6 is 21.6 Å². The fourth-order valence-electron chi connectivity index (χ4n) is 1.69. The lowest BCUT2D eigenvalue weighted by atomic mass is 10.3. The third-order valence-corrected chi connectivity index (χ3v) is 6.77. The van der Waals surface area contributed by atoms with Gasteiger partial charge in [-0.25, -0.2) is 9.10 Å². The minimum atomic E-state index is -5.08. The number of carboxylic acids is 2. The Labute approximate surface area is 178 Å². The van der Waals surface area contributed by atoms with Crippen LogP contribution in [0.5, 0.6) is 0 Å². The summed E-state index contributed by atoms with van der Waals surface area (Å²) in [5, 5.41) is 18.2. The zero-order valence-electron chi connectivity index (χ0n) is 15.8. The second-order valence-electron chi connectivity index (χ2n) is 5.44. The van der Waals surface area contributed by atoms with Crippen molar-refractivity contribution < 1.29 is 46.2 Å². The zero-order valence-corrected chi connectivity index (χ0v) is 18.3. The lowest BCUT2D eigenvalue weighted by Crippen LogP contribution is -2.41. The lowest BCUT2D eigenvalue weighted by molar-refractivity contribution is -0.192. The van der Waals surface area contributed by atoms with Gasteiger partial charge in [-0.2, -0.15) is 21.6 Å². The van der Waals surface area contributed by atoms with E-state index >= 15 is 0 Å². The molecule has 0 aromatic rings. The van der Waals surface area contributed by atoms with Crippen molar-refractivity contribution >= 4 is 55.4 Å². The Hall–Kier alpha value is -1.94. The molecular formula is C14H20F3N3O7S3. The molecule has 172 valence electrons. The predicted molar refractivity (Wildman–Crippen MR) is 106 cm³/mol. The molecule has 0 radical (unpaired) electrons. The number of halogens is 3. The number of hydrogen-bond donors (Lipinski definition) is 3. The molecular weight excluding hydrogens is 475 g/mol. The van der Waals surface area contributed by atoms with Gasteiger partial charge >= 0.3 is 28.3 Å². The summed E-state index contributed by atoms with van der Waals surface area (Å²) < 4.78 is 60.1. The van der Waals surface area contributed by atoms with E-state index in [0.717, 1.165) is 4.31 Å². The van der Waals surface area contributed by atoms with Crippen LogP contribution in [0.1, 0.15) is 20.3 Å². The summed E-state index contributed by atoms with van der Waals surface area (Å²) in [6.07, 6.45) is -3.38. The quantitative estimate of drug-likeness (QED) is 0.319. The van der Waals surface area contributed by atoms with Gasteiger partial charge < -0.3 is 15.5 Å². The first-order valence-electron chi connectivity index (χ1n) is 7.97. The van der Waals surface area contributed by atoms with Crippen molar-refractivity contribution in [3.8, 4) is 0 Å². The van der Waals surface area contributed by atoms with Crippen LogP contribution in [0, 0.1) is 0 Å². The maximum absolute atomic E-state index is 11.9. The van der Waals surface area contributed by atoms with Crippen molar-refractivity contribution in [1.82, 2.24) is 9.62 Å². The van der Waals surface area contributed by atoms with Gasteiger partial charge in [0.2, 0.25) is 5.91 Å². The summed E-state index contributed by atoms with van der Waals surface area (Å²) in [5.74, 6) is -2.90. The van der Waals surface area contributed by atoms with Crippen molar-refractivity contribution in [1.29, 1.82) is 0 Å². The van der Waals surface area contributed by atoms with Gasteiger partial charge in [0.25, 0.3) is 0 Å². The van der Waals surface area contributed by atoms with Gasteiger partial charge in [-0.1, -0.05) is 21.6 Å². The molecule has 16 heteroatoms. The Bertz CT molecular complexity index is 798. The zero-order chi connectivity index (χ0) is 23.5. The smallest absolute Gasteiger partial charge is 0.481 e. The summed E-state index contributed by atoms with van der Waals surface area (Å²) in [4.78, 5) is 31.0. The highest BCUT2D eigenvalue weighted by molar-refractivity contribution is 8.76. The molecule has 1 rings (SSSR count). The maximum Gasteiger partial charge on any atom is 0.490 e. The van der Waals surface area contributed by atoms with Crippen LogP contribution in [0.2, 0.25) is 0 Å². The van der Waals surface area contributed by atoms with Crippen LogP contribution in [0.25, 0.3) is 0 Å². The SMILES string of the molecule is CC1=CC(C)=NS(=O)(=O)N1CC(=O)NCCSSCCC(=O)O.O=C(O)C(F)(F)F. The highest BCUT2D eigenvalue weighted by Crippen LogP contribution is 2.21. The Morgan fingerprint density at radius 1 is 1.17 bits per heavy atom. The van der Waals surface area contributed by atoms with Gasteiger partial charge in [0.15, 0.2) is 0 Å². The molecule has 0 aromatic carbocycles. The monoisotopic (exact) mass is 495 g/mol. The first-order chi connectivity index (χ1) is 13.7. The third kappa shape index (κ3) is 11.9. The lowest BCUT2D eigenvalue weighted by Gasteiger charge is -2.24. The molecule has 0 aromatic heterocycles. The van der Waals surface area contributed by atoms with Gasteiger partial charge in [0, 0.05) is 23.7 Å². The van der Waals surface area contributed by atoms with Crippen molar-refractivity contribution in [2.24, 2.45) is 4.40 Å². The summed E-state index contributed by atoms with van der Waals surface area (Å²) in [6.45, 7) is 3.26. The van der Waals surface area contributed by atoms with Gasteiger partial charge in [-0.3, -0.25) is 9.59 Å². The summed E-state index contributed by atoms with van der Waals surface area (Å²) in [7, 11) is -0.962. The number of rotatable bonds is 9. The van der Waals surface area contributed by atoms with Crippen LogP contribution in [0.4, 0.5) is 13.2 Å². The molecule has 0 aliphatic carbocycles. The predicted octanol–water partition coefficient (Wildman–Crippen LogP) is 1.52. The Morgan fingerprint density at radius 3 is 2.17 bits per heavy atom. The fourth-order valence-corrected chi connectivity index (χ4v) is 4.78. The van der Waals surface area contributed by atoms with E-state index in [9.17, 15) is 31.2 Å². The minimum absolute atomic E-state index is 0.0996. The number of nitrogens with one attached hydrogen (secondary N) is 1. The van der Waals surface area contributed by atoms with Crippen molar-refractivity contribution in [3.63, 3.8) is 0 Å². The van der Waals surface area contributed by atoms with E-state index in [0.29, 0.717) is 29.5 Å². The standard InChI is InChI=1S/C12H19N3O5S3.C2HF3O2/c1-9-7-10(2)15(23(19,20)14-9)8-11(16)13-4-6-22-21-5-3-12(17)18;3-2(4,5)1(6)7/h7H,3-6,8H2,1-2H3,(H,13,16)(H,17,18);(H,6,7). The Morgan fingerprint density at radius 2 is 1.70 bits per heavy atom. The number of hydrogen-bond acceptors (Lipinski definition) is 7. The van der Waals surface area contributed by atoms with Gasteiger partial charge in [-0.15, -0.1) is 4.40 Å². The molecule has 1 amide bonds. The number of nitrogens with zero attached hydrogens (tertiary/aromatic N) is 2. The van der Waals surface area contributed by atoms with E-state index in [2.05, 4.69) is 9.71 Å². The first kappa shape index (κ1) is 28.1. The minimum Gasteiger partial charge on any atom is -0.481 e. The third-order valence-electron chi connectivity index (χ3n) is 2.87. The van der Waals surface area contributed by atoms with Crippen LogP contribution in [0.3, 0.4) is 0 Å². The molecule has 1 aliphatic heterocycles. The van der Waals surface area contributed by atoms with Crippen molar-refractivity contribution in [2.75, 3.05) is 24.6 Å². The van der Waals surface area contributed by atoms with E-state index in [1.54, 1.807) is 19.9 Å². The van der Waals surface area contributed by atoms with Crippen molar-refractivity contribution in [2.45, 2.75) is 26.4 Å². The van der Waals surface area contributed by atoms with E-state index < -0.39 is 34.2 Å². The Balaban J connectivity index is 0.00000103. The molecule has 0 unspecified atom stereocenters. The summed E-state index contributed by atoms with van der Waals surface area (Å²) >= 11 is 0. The average molecular weight is 496 g/mol. The molecule has 30 heavy (non-hydrogen) atoms. The van der Waals surface area contributed by atoms with E-state index in [4.69, 9.17) is 15.0 Å². The van der Waals surface area contributed by atoms with Gasteiger partial charge in [0.1, 0.15) is 6.54 Å². The van der Waals surface area contributed by atoms with Crippen LogP contribution < -0.4 is 5.32 Å². The Kier molecular flexibility index (Phi) is 11.9. The molecule has 1 aliphatic rings. The maximum atomic E-state index is 11.9. The second kappa shape index (κ2) is 12.7. The largest absolute Gasteiger partial charge is 0.490 e. The van der Waals surface area contributed by atoms with Gasteiger partial charge in [-0.05, 0) is 19.9 Å². The molecule has 3 N–H and O–H groups in total. The average Bonchev–Trinajstić information content (AvgIpc) is 2.56. The normalized spacial score (nSPS) is 15.3. The first-order valence-corrected chi connectivity index (χ1v) is 11.9. The molecule has 0 saturated heterocycles. The summed E-state index contributed by atoms with van der Waals surface area (Å²) in [6, 6.07) is 0. The van der Waals surface area contributed by atoms with E-state index in [1.165, 1.54) is 21.6 Å². The molecule has 0 saturated carbocycles. The van der Waals surface area contributed by atoms with Gasteiger partial charge in [0.05, 0.1) is 12.1 Å². The van der Waals surface area contributed by atoms with Crippen LogP contribution in [-0.4, -0.2) is 77.3 Å². The molecule has 0 spiro atoms. The number of aliphatic carboxylic acids is 2. The van der Waals surface area contributed by atoms with Crippen molar-refractivity contribution in [3.05, 3.63) is 11.8 Å². The molecule has 10 nitrogen and oxygen atoms in total. The van der Waals surface area contributed by atoms with E-state index in [1.807, 2.05) is 0 Å². The number of alkyl halides is 3. The van der Waals surface area contributed by atoms with Crippen LogP contribution in [-0.2, 0) is 24.6 Å². The topological polar surface area (TPSA) is 153 Å². The molecule has 1 heterocycles. The number of carbonyl (C=O) groups excluding carboxylic acids is 1. The van der Waals surface area contributed by atoms with Crippen LogP contribution in [0.15, 0.2) is 16.2 Å². The highest BCUT2D eigenvalue weighted by Gasteiger charge is 2.38. The molecule has 0 atom stereocenters. The van der Waals surface area contributed by atoms with E-state index in [-0.39, 0.29) is 13.0 Å². The number of allylic oxidation sites excluding steroid dienone is 2. The number of amides is 1. The molecule has 0 fully saturated rings. The number of carbonyl (C=O) groups is 3. The molecule has 0 bridgehead atoms. The summed E-state index contributed by atoms with van der Waals surface area (Å²) in [5.41, 5.74) is 0.834.